The van der Waals surface area contributed by atoms with Gasteiger partial charge in [0.25, 0.3) is 5.91 Å². The fourth-order valence-corrected chi connectivity index (χ4v) is 5.42. The lowest BCUT2D eigenvalue weighted by molar-refractivity contribution is -0.0345. The molecule has 1 aliphatic heterocycles. The lowest BCUT2D eigenvalue weighted by Crippen LogP contribution is -2.59. The van der Waals surface area contributed by atoms with Gasteiger partial charge in [-0.2, -0.15) is 10.2 Å². The van der Waals surface area contributed by atoms with E-state index in [4.69, 9.17) is 4.74 Å². The van der Waals surface area contributed by atoms with Crippen LogP contribution in [0.2, 0.25) is 0 Å². The van der Waals surface area contributed by atoms with Crippen molar-refractivity contribution < 1.29 is 9.53 Å². The normalized spacial score (nSPS) is 28.5. The number of aromatic nitrogens is 5. The molecule has 1 amide bonds. The van der Waals surface area contributed by atoms with Crippen molar-refractivity contribution in [2.75, 3.05) is 6.54 Å². The molecule has 1 spiro atoms. The molecule has 3 aromatic rings. The van der Waals surface area contributed by atoms with E-state index >= 15 is 0 Å². The minimum atomic E-state index is -0.0418. The maximum atomic E-state index is 13.6. The number of ether oxygens (including phenoxy) is 1. The molecule has 1 saturated heterocycles. The highest BCUT2D eigenvalue weighted by atomic mass is 79.9. The number of rotatable bonds is 4. The maximum absolute atomic E-state index is 13.6. The average Bonchev–Trinajstić information content (AvgIpc) is 3.10. The Labute approximate surface area is 181 Å². The van der Waals surface area contributed by atoms with Crippen molar-refractivity contribution in [1.29, 1.82) is 0 Å². The van der Waals surface area contributed by atoms with Crippen molar-refractivity contribution >= 4 is 21.8 Å². The molecule has 152 valence electrons. The van der Waals surface area contributed by atoms with Crippen molar-refractivity contribution in [3.63, 3.8) is 0 Å². The summed E-state index contributed by atoms with van der Waals surface area (Å²) in [7, 11) is 0. The van der Waals surface area contributed by atoms with Crippen molar-refractivity contribution in [2.24, 2.45) is 11.3 Å². The minimum Gasteiger partial charge on any atom is -0.472 e. The summed E-state index contributed by atoms with van der Waals surface area (Å²) < 4.78 is 7.09. The summed E-state index contributed by atoms with van der Waals surface area (Å²) in [4.78, 5) is 25.9. The van der Waals surface area contributed by atoms with Gasteiger partial charge in [0.1, 0.15) is 6.10 Å². The van der Waals surface area contributed by atoms with Crippen LogP contribution in [0.25, 0.3) is 5.82 Å². The maximum Gasteiger partial charge on any atom is 0.258 e. The van der Waals surface area contributed by atoms with Crippen LogP contribution in [-0.4, -0.2) is 54.5 Å². The third kappa shape index (κ3) is 2.61. The van der Waals surface area contributed by atoms with E-state index in [2.05, 4.69) is 36.1 Å². The molecule has 2 saturated carbocycles. The number of hydrogen-bond donors (Lipinski definition) is 0. The zero-order chi connectivity index (χ0) is 20.5. The Morgan fingerprint density at radius 3 is 2.80 bits per heavy atom. The number of carbonyl (C=O) groups is 1. The molecule has 30 heavy (non-hydrogen) atoms. The number of aryl methyl sites for hydroxylation is 1. The summed E-state index contributed by atoms with van der Waals surface area (Å²) in [6, 6.07) is 7.51. The fourth-order valence-electron chi connectivity index (χ4n) is 5.18. The lowest BCUT2D eigenvalue weighted by atomic mass is 9.73. The van der Waals surface area contributed by atoms with Gasteiger partial charge in [-0.3, -0.25) is 4.79 Å². The molecule has 8 nitrogen and oxygen atoms in total. The quantitative estimate of drug-likeness (QED) is 0.587. The van der Waals surface area contributed by atoms with Crippen LogP contribution in [0.3, 0.4) is 0 Å². The molecule has 3 aliphatic rings. The zero-order valence-electron chi connectivity index (χ0n) is 16.3. The van der Waals surface area contributed by atoms with E-state index < -0.39 is 0 Å². The van der Waals surface area contributed by atoms with E-state index in [-0.39, 0.29) is 23.5 Å². The van der Waals surface area contributed by atoms with Crippen LogP contribution in [0.1, 0.15) is 28.9 Å². The van der Waals surface area contributed by atoms with Gasteiger partial charge >= 0.3 is 0 Å². The lowest BCUT2D eigenvalue weighted by Gasteiger charge is -2.47. The molecule has 4 atom stereocenters. The Hall–Kier alpha value is -2.81. The van der Waals surface area contributed by atoms with Crippen LogP contribution >= 0.6 is 15.9 Å². The van der Waals surface area contributed by atoms with E-state index in [1.807, 2.05) is 36.1 Å². The van der Waals surface area contributed by atoms with Crippen molar-refractivity contribution in [1.82, 2.24) is 29.9 Å². The molecule has 0 aromatic carbocycles. The molecule has 4 unspecified atom stereocenters. The highest BCUT2D eigenvalue weighted by molar-refractivity contribution is 9.10. The Kier molecular flexibility index (Phi) is 3.80. The van der Waals surface area contributed by atoms with Gasteiger partial charge in [0.15, 0.2) is 5.82 Å². The Morgan fingerprint density at radius 1 is 1.20 bits per heavy atom. The average molecular weight is 467 g/mol. The third-order valence-corrected chi connectivity index (χ3v) is 7.11. The molecule has 0 N–H and O–H groups in total. The third-order valence-electron chi connectivity index (χ3n) is 6.64. The summed E-state index contributed by atoms with van der Waals surface area (Å²) in [6.45, 7) is 2.65. The van der Waals surface area contributed by atoms with Crippen LogP contribution < -0.4 is 4.74 Å². The molecular weight excluding hydrogens is 448 g/mol. The summed E-state index contributed by atoms with van der Waals surface area (Å²) in [5, 5.41) is 8.36. The predicted molar refractivity (Wildman–Crippen MR) is 110 cm³/mol. The van der Waals surface area contributed by atoms with Crippen molar-refractivity contribution in [3.8, 4) is 11.7 Å². The number of amides is 1. The van der Waals surface area contributed by atoms with Crippen LogP contribution in [-0.2, 0) is 0 Å². The first-order chi connectivity index (χ1) is 14.5. The number of piperidine rings is 1. The van der Waals surface area contributed by atoms with Gasteiger partial charge in [0.05, 0.1) is 24.0 Å². The first-order valence-corrected chi connectivity index (χ1v) is 10.8. The topological polar surface area (TPSA) is 86.0 Å². The predicted octanol–water partition coefficient (Wildman–Crippen LogP) is 2.81. The molecule has 2 aliphatic carbocycles. The van der Waals surface area contributed by atoms with Crippen LogP contribution in [0.4, 0.5) is 0 Å². The second kappa shape index (κ2) is 6.34. The van der Waals surface area contributed by atoms with E-state index in [0.717, 1.165) is 23.1 Å². The number of hydrogen-bond acceptors (Lipinski definition) is 6. The molecule has 0 bridgehead atoms. The highest BCUT2D eigenvalue weighted by Crippen LogP contribution is 2.71. The summed E-state index contributed by atoms with van der Waals surface area (Å²) >= 11 is 3.40. The molecular formula is C21H19BrN6O2. The van der Waals surface area contributed by atoms with Crippen LogP contribution in [0, 0.1) is 18.3 Å². The van der Waals surface area contributed by atoms with Gasteiger partial charge < -0.3 is 9.64 Å². The largest absolute Gasteiger partial charge is 0.472 e. The second-order valence-electron chi connectivity index (χ2n) is 8.35. The number of pyridine rings is 2. The zero-order valence-corrected chi connectivity index (χ0v) is 17.9. The van der Waals surface area contributed by atoms with Crippen molar-refractivity contribution in [3.05, 3.63) is 58.6 Å². The molecule has 4 heterocycles. The molecule has 3 fully saturated rings. The van der Waals surface area contributed by atoms with Crippen LogP contribution in [0.5, 0.6) is 5.88 Å². The number of halogens is 1. The van der Waals surface area contributed by atoms with Gasteiger partial charge in [-0.1, -0.05) is 0 Å². The van der Waals surface area contributed by atoms with E-state index in [0.29, 0.717) is 23.2 Å². The monoisotopic (exact) mass is 466 g/mol. The van der Waals surface area contributed by atoms with Gasteiger partial charge in [-0.05, 0) is 59.8 Å². The van der Waals surface area contributed by atoms with E-state index in [1.54, 1.807) is 18.6 Å². The van der Waals surface area contributed by atoms with Crippen molar-refractivity contribution in [2.45, 2.75) is 31.9 Å². The fraction of sp³-hybridized carbons (Fsp3) is 0.381. The van der Waals surface area contributed by atoms with Gasteiger partial charge in [-0.15, -0.1) is 4.80 Å². The highest BCUT2D eigenvalue weighted by Gasteiger charge is 2.76. The van der Waals surface area contributed by atoms with Gasteiger partial charge in [0.2, 0.25) is 5.88 Å². The second-order valence-corrected chi connectivity index (χ2v) is 9.27. The number of carbonyl (C=O) groups excluding carboxylic acids is 1. The molecule has 0 radical (unpaired) electrons. The Bertz CT molecular complexity index is 1130. The minimum absolute atomic E-state index is 0.0385. The number of likely N-dealkylation sites (tertiary alicyclic amines) is 1. The molecule has 3 aromatic heterocycles. The molecule has 9 heteroatoms. The summed E-state index contributed by atoms with van der Waals surface area (Å²) in [5.74, 6) is 1.58. The SMILES string of the molecule is Cc1ccc(C(=O)N2CC3CC34CC(Oc3ccc(Br)cn3)C24)c(-n2nccn2)n1. The number of nitrogens with zero attached hydrogens (tertiary/aromatic N) is 6. The van der Waals surface area contributed by atoms with Crippen LogP contribution in [0.15, 0.2) is 47.3 Å². The van der Waals surface area contributed by atoms with Gasteiger partial charge in [-0.25, -0.2) is 9.97 Å². The van der Waals surface area contributed by atoms with Gasteiger partial charge in [0, 0.05) is 34.4 Å². The summed E-state index contributed by atoms with van der Waals surface area (Å²) in [5.41, 5.74) is 1.55. The van der Waals surface area contributed by atoms with E-state index in [9.17, 15) is 4.79 Å². The first-order valence-electron chi connectivity index (χ1n) is 9.99. The Balaban J connectivity index is 1.30. The molecule has 6 rings (SSSR count). The Morgan fingerprint density at radius 2 is 2.03 bits per heavy atom. The van der Waals surface area contributed by atoms with E-state index in [1.165, 1.54) is 11.2 Å². The smallest absolute Gasteiger partial charge is 0.258 e. The summed E-state index contributed by atoms with van der Waals surface area (Å²) in [6.07, 6.45) is 7.00. The standard InChI is InChI=1S/C21H19BrN6O2/c1-12-2-4-15(19(26-12)28-24-6-7-25-28)20(29)27-11-13-8-21(13)9-16(18(21)27)30-17-5-3-14(22)10-23-17/h2-7,10,13,16,18H,8-9,11H2,1H3. The first kappa shape index (κ1) is 18.0.